The van der Waals surface area contributed by atoms with Crippen LogP contribution in [-0.2, 0) is 22.2 Å². The first-order chi connectivity index (χ1) is 35.5. The van der Waals surface area contributed by atoms with Crippen molar-refractivity contribution < 1.29 is 42.5 Å². The Kier molecular flexibility index (Phi) is 14.2. The van der Waals surface area contributed by atoms with Crippen LogP contribution in [0.15, 0.2) is 66.7 Å². The van der Waals surface area contributed by atoms with E-state index in [1.165, 1.54) is 23.8 Å². The maximum atomic E-state index is 16.5. The lowest BCUT2D eigenvalue weighted by Crippen LogP contribution is -2.53. The van der Waals surface area contributed by atoms with E-state index in [0.717, 1.165) is 87.6 Å². The third-order valence-electron chi connectivity index (χ3n) is 16.7. The largest absolute Gasteiger partial charge is 0.488 e. The second-order valence-corrected chi connectivity index (χ2v) is 21.9. The molecule has 3 unspecified atom stereocenters. The number of nitrogens with zero attached hydrogens (tertiary/aromatic N) is 5. The van der Waals surface area contributed by atoms with Crippen LogP contribution in [0.4, 0.5) is 19.4 Å². The van der Waals surface area contributed by atoms with Crippen LogP contribution in [0.2, 0.25) is 5.02 Å². The molecule has 0 radical (unpaired) electrons. The highest BCUT2D eigenvalue weighted by molar-refractivity contribution is 6.34. The molecule has 5 amide bonds. The smallest absolute Gasteiger partial charge is 0.329 e. The van der Waals surface area contributed by atoms with Gasteiger partial charge in [0.15, 0.2) is 23.0 Å². The number of carbonyl (C=O) groups is 4. The van der Waals surface area contributed by atoms with Gasteiger partial charge in [0, 0.05) is 98.3 Å². The molecule has 3 atom stereocenters. The average Bonchev–Trinajstić information content (AvgIpc) is 3.88. The van der Waals surface area contributed by atoms with E-state index in [-0.39, 0.29) is 77.0 Å². The molecular formula is C56H65ClF2N8O7. The van der Waals surface area contributed by atoms with E-state index >= 15 is 8.78 Å². The van der Waals surface area contributed by atoms with Crippen molar-refractivity contribution in [3.05, 3.63) is 106 Å². The number of anilines is 1. The number of nitrogens with two attached hydrogens (primary N) is 1. The number of amides is 5. The third kappa shape index (κ3) is 9.38. The zero-order chi connectivity index (χ0) is 52.2. The Morgan fingerprint density at radius 1 is 0.959 bits per heavy atom. The van der Waals surface area contributed by atoms with Gasteiger partial charge in [-0.05, 0) is 98.2 Å². The predicted octanol–water partition coefficient (Wildman–Crippen LogP) is 8.13. The van der Waals surface area contributed by atoms with Crippen molar-refractivity contribution in [2.24, 2.45) is 24.1 Å². The van der Waals surface area contributed by atoms with Crippen LogP contribution in [0.3, 0.4) is 0 Å². The number of aromatic nitrogens is 2. The molecule has 15 nitrogen and oxygen atoms in total. The summed E-state index contributed by atoms with van der Waals surface area (Å²) in [5.41, 5.74) is 7.50. The molecule has 5 aliphatic rings. The molecule has 4 aromatic carbocycles. The van der Waals surface area contributed by atoms with Crippen LogP contribution in [0.5, 0.6) is 11.5 Å². The van der Waals surface area contributed by atoms with Crippen molar-refractivity contribution in [3.8, 4) is 22.6 Å². The van der Waals surface area contributed by atoms with E-state index in [4.69, 9.17) is 31.9 Å². The van der Waals surface area contributed by atoms with Gasteiger partial charge in [0.2, 0.25) is 17.7 Å². The van der Waals surface area contributed by atoms with E-state index in [9.17, 15) is 24.3 Å². The lowest BCUT2D eigenvalue weighted by molar-refractivity contribution is -0.138. The Morgan fingerprint density at radius 3 is 2.39 bits per heavy atom. The summed E-state index contributed by atoms with van der Waals surface area (Å²) in [5.74, 6) is -2.65. The van der Waals surface area contributed by atoms with Gasteiger partial charge in [-0.2, -0.15) is 5.10 Å². The molecule has 18 heteroatoms. The highest BCUT2D eigenvalue weighted by Crippen LogP contribution is 2.57. The Labute approximate surface area is 434 Å². The first-order valence-corrected chi connectivity index (χ1v) is 26.3. The maximum Gasteiger partial charge on any atom is 0.329 e. The highest BCUT2D eigenvalue weighted by Gasteiger charge is 2.51. The van der Waals surface area contributed by atoms with Crippen LogP contribution in [-0.4, -0.2) is 113 Å². The first-order valence-electron chi connectivity index (χ1n) is 26.0. The second-order valence-electron chi connectivity index (χ2n) is 21.5. The normalized spacial score (nSPS) is 24.4. The fraction of sp³-hybridized carbons (Fsp3) is 0.482. The topological polar surface area (TPSA) is 185 Å². The SMILES string of the molecule is CC1c2c(cc(F)c(Cl)c2-c2c(C(N)=O)ccc(OCCO)c2F)OC1(CNC1CCC(C(=O)N2CCC(N3CCC(c4ccc5c(N6CCC(=O)NC6=O)nn(C)c5c4)C(C)(C)C3)CC2)CC1)c1ccccc1. The molecule has 5 heterocycles. The number of halogens is 3. The molecule has 10 rings (SSSR count). The number of nitrogens with one attached hydrogen (secondary N) is 2. The molecule has 74 heavy (non-hydrogen) atoms. The second kappa shape index (κ2) is 20.5. The lowest BCUT2D eigenvalue weighted by atomic mass is 9.70. The summed E-state index contributed by atoms with van der Waals surface area (Å²) in [5, 5.41) is 20.7. The Balaban J connectivity index is 0.763. The minimum Gasteiger partial charge on any atom is -0.488 e. The molecular weight excluding hydrogens is 970 g/mol. The monoisotopic (exact) mass is 1030 g/mol. The fourth-order valence-corrected chi connectivity index (χ4v) is 13.1. The molecule has 4 aliphatic heterocycles. The zero-order valence-electron chi connectivity index (χ0n) is 42.4. The number of aryl methyl sites for hydroxylation is 1. The molecule has 0 spiro atoms. The fourth-order valence-electron chi connectivity index (χ4n) is 12.8. The zero-order valence-corrected chi connectivity index (χ0v) is 43.2. The summed E-state index contributed by atoms with van der Waals surface area (Å²) < 4.78 is 46.5. The molecule has 392 valence electrons. The van der Waals surface area contributed by atoms with Crippen molar-refractivity contribution in [1.82, 2.24) is 30.2 Å². The number of hydrogen-bond donors (Lipinski definition) is 4. The van der Waals surface area contributed by atoms with E-state index in [2.05, 4.69) is 52.5 Å². The standard InChI is InChI=1S/C56H65ClF2N8O7/c1-32-46-44(29-41(58)49(57)48(46)47-39(51(60)70)16-17-43(50(47)59)73-27-26-68)74-56(32,35-8-6-5-7-9-35)30-61-36-13-10-33(11-14-36)53(71)65-22-18-37(19-23-65)66-24-20-40(55(2,3)31-66)34-12-15-38-42(28-34)64(4)63-52(38)67-25-21-45(69)62-54(67)72/h5-9,12,15-17,28-29,32-33,36-37,40,61,68H,10-11,13-14,18-27,30-31H2,1-4H3,(H2,60,70)(H,62,69,72). The third-order valence-corrected chi connectivity index (χ3v) is 17.1. The Hall–Kier alpha value is -6.14. The molecule has 5 N–H and O–H groups in total. The molecule has 1 saturated carbocycles. The van der Waals surface area contributed by atoms with E-state index in [1.807, 2.05) is 49.0 Å². The van der Waals surface area contributed by atoms with Gasteiger partial charge in [-0.15, -0.1) is 0 Å². The van der Waals surface area contributed by atoms with Gasteiger partial charge < -0.3 is 30.5 Å². The summed E-state index contributed by atoms with van der Waals surface area (Å²) in [4.78, 5) is 57.7. The van der Waals surface area contributed by atoms with Crippen LogP contribution >= 0.6 is 11.6 Å². The number of aliphatic hydroxyl groups excluding tert-OH is 1. The van der Waals surface area contributed by atoms with Crippen molar-refractivity contribution in [2.75, 3.05) is 57.4 Å². The van der Waals surface area contributed by atoms with Gasteiger partial charge in [-0.3, -0.25) is 34.2 Å². The maximum absolute atomic E-state index is 16.5. The predicted molar refractivity (Wildman–Crippen MR) is 277 cm³/mol. The van der Waals surface area contributed by atoms with Crippen molar-refractivity contribution in [3.63, 3.8) is 0 Å². The van der Waals surface area contributed by atoms with Gasteiger partial charge in [-0.25, -0.2) is 13.6 Å². The van der Waals surface area contributed by atoms with Crippen molar-refractivity contribution in [1.29, 1.82) is 0 Å². The number of piperidine rings is 2. The number of carbonyl (C=O) groups excluding carboxylic acids is 4. The number of imide groups is 1. The van der Waals surface area contributed by atoms with E-state index in [0.29, 0.717) is 36.4 Å². The number of rotatable bonds is 13. The molecule has 5 aromatic rings. The molecule has 4 fully saturated rings. The lowest BCUT2D eigenvalue weighted by Gasteiger charge is -2.49. The van der Waals surface area contributed by atoms with Gasteiger partial charge in [0.05, 0.1) is 22.7 Å². The van der Waals surface area contributed by atoms with Gasteiger partial charge in [-0.1, -0.05) is 68.8 Å². The number of ether oxygens (including phenoxy) is 2. The summed E-state index contributed by atoms with van der Waals surface area (Å²) in [6.45, 7) is 9.99. The first kappa shape index (κ1) is 51.4. The van der Waals surface area contributed by atoms with Gasteiger partial charge in [0.1, 0.15) is 18.2 Å². The molecule has 1 aromatic heterocycles. The summed E-state index contributed by atoms with van der Waals surface area (Å²) in [6.07, 6.45) is 6.13. The van der Waals surface area contributed by atoms with Crippen molar-refractivity contribution in [2.45, 2.75) is 102 Å². The highest BCUT2D eigenvalue weighted by atomic mass is 35.5. The summed E-state index contributed by atoms with van der Waals surface area (Å²) >= 11 is 6.74. The number of likely N-dealkylation sites (tertiary alicyclic amines) is 2. The average molecular weight is 1040 g/mol. The number of benzene rings is 4. The Morgan fingerprint density at radius 2 is 1.70 bits per heavy atom. The molecule has 1 aliphatic carbocycles. The number of hydrogen-bond acceptors (Lipinski definition) is 10. The summed E-state index contributed by atoms with van der Waals surface area (Å²) in [6, 6.07) is 19.8. The van der Waals surface area contributed by atoms with Crippen LogP contribution in [0.1, 0.15) is 111 Å². The van der Waals surface area contributed by atoms with Crippen LogP contribution < -0.4 is 30.7 Å². The number of aliphatic hydroxyl groups is 1. The van der Waals surface area contributed by atoms with E-state index < -0.39 is 40.1 Å². The minimum atomic E-state index is -1.11. The van der Waals surface area contributed by atoms with Crippen LogP contribution in [0.25, 0.3) is 22.0 Å². The number of urea groups is 1. The number of fused-ring (bicyclic) bond motifs is 2. The molecule has 3 saturated heterocycles. The minimum absolute atomic E-state index is 0.0133. The quantitative estimate of drug-likeness (QED) is 0.0898. The molecule has 0 bridgehead atoms. The van der Waals surface area contributed by atoms with E-state index in [1.54, 1.807) is 4.90 Å². The van der Waals surface area contributed by atoms with Gasteiger partial charge in [0.25, 0.3) is 0 Å². The van der Waals surface area contributed by atoms with Crippen molar-refractivity contribution >= 4 is 52.1 Å². The number of primary amides is 1. The summed E-state index contributed by atoms with van der Waals surface area (Å²) in [7, 11) is 1.89. The van der Waals surface area contributed by atoms with Crippen LogP contribution in [0, 0.1) is 23.0 Å². The van der Waals surface area contributed by atoms with Gasteiger partial charge >= 0.3 is 6.03 Å². The Bertz CT molecular complexity index is 2990.